The lowest BCUT2D eigenvalue weighted by Crippen LogP contribution is -2.23. The van der Waals surface area contributed by atoms with Crippen molar-refractivity contribution < 1.29 is 14.3 Å². The Morgan fingerprint density at radius 2 is 1.31 bits per heavy atom. The summed E-state index contributed by atoms with van der Waals surface area (Å²) in [7, 11) is 2.98. The Hall–Kier alpha value is -3.41. The number of rotatable bonds is 6. The molecule has 2 aromatic carbocycles. The van der Waals surface area contributed by atoms with Crippen molar-refractivity contribution in [2.45, 2.75) is 5.92 Å². The average molecular weight is 349 g/mol. The molecule has 6 heteroatoms. The number of nitrogens with zero attached hydrogens (tertiary/aromatic N) is 2. The van der Waals surface area contributed by atoms with Crippen LogP contribution in [-0.2, 0) is 4.79 Å². The lowest BCUT2D eigenvalue weighted by atomic mass is 9.90. The number of ether oxygens (including phenoxy) is 2. The molecule has 0 unspecified atom stereocenters. The van der Waals surface area contributed by atoms with Gasteiger partial charge >= 0.3 is 0 Å². The van der Waals surface area contributed by atoms with Crippen LogP contribution in [0, 0.1) is 0 Å². The third kappa shape index (κ3) is 3.97. The SMILES string of the molecule is COc1cc(OC)nc(NC(=O)C(c2ccccc2)c2ccccc2)n1. The summed E-state index contributed by atoms with van der Waals surface area (Å²) in [5, 5.41) is 2.77. The van der Waals surface area contributed by atoms with Crippen LogP contribution in [0.3, 0.4) is 0 Å². The number of benzene rings is 2. The van der Waals surface area contributed by atoms with Crippen molar-refractivity contribution in [2.24, 2.45) is 0 Å². The van der Waals surface area contributed by atoms with Crippen molar-refractivity contribution in [3.05, 3.63) is 77.9 Å². The summed E-state index contributed by atoms with van der Waals surface area (Å²) in [5.41, 5.74) is 1.76. The first kappa shape index (κ1) is 17.4. The van der Waals surface area contributed by atoms with Crippen LogP contribution in [0.5, 0.6) is 11.8 Å². The van der Waals surface area contributed by atoms with E-state index in [2.05, 4.69) is 15.3 Å². The Balaban J connectivity index is 1.94. The van der Waals surface area contributed by atoms with E-state index in [-0.39, 0.29) is 11.9 Å². The number of amides is 1. The second kappa shape index (κ2) is 8.11. The number of nitrogens with one attached hydrogen (secondary N) is 1. The second-order valence-electron chi connectivity index (χ2n) is 5.52. The summed E-state index contributed by atoms with van der Waals surface area (Å²) in [6.07, 6.45) is 0. The maximum absolute atomic E-state index is 13.0. The Morgan fingerprint density at radius 3 is 1.73 bits per heavy atom. The first-order valence-electron chi connectivity index (χ1n) is 8.09. The molecule has 1 amide bonds. The third-order valence-electron chi connectivity index (χ3n) is 3.86. The summed E-state index contributed by atoms with van der Waals surface area (Å²) in [4.78, 5) is 21.4. The molecular formula is C20H19N3O3. The summed E-state index contributed by atoms with van der Waals surface area (Å²) >= 11 is 0. The van der Waals surface area contributed by atoms with E-state index < -0.39 is 5.92 Å². The van der Waals surface area contributed by atoms with E-state index in [1.54, 1.807) is 6.07 Å². The van der Waals surface area contributed by atoms with Crippen molar-refractivity contribution >= 4 is 11.9 Å². The minimum Gasteiger partial charge on any atom is -0.481 e. The number of aromatic nitrogens is 2. The van der Waals surface area contributed by atoms with Gasteiger partial charge in [-0.05, 0) is 11.1 Å². The first-order chi connectivity index (χ1) is 12.7. The number of hydrogen-bond acceptors (Lipinski definition) is 5. The molecule has 1 N–H and O–H groups in total. The highest BCUT2D eigenvalue weighted by atomic mass is 16.5. The summed E-state index contributed by atoms with van der Waals surface area (Å²) < 4.78 is 10.3. The van der Waals surface area contributed by atoms with Crippen LogP contribution < -0.4 is 14.8 Å². The number of carbonyl (C=O) groups is 1. The van der Waals surface area contributed by atoms with Crippen molar-refractivity contribution in [3.8, 4) is 11.8 Å². The predicted molar refractivity (Wildman–Crippen MR) is 98.5 cm³/mol. The van der Waals surface area contributed by atoms with E-state index in [9.17, 15) is 4.79 Å². The second-order valence-corrected chi connectivity index (χ2v) is 5.52. The minimum absolute atomic E-state index is 0.128. The molecule has 132 valence electrons. The third-order valence-corrected chi connectivity index (χ3v) is 3.86. The highest BCUT2D eigenvalue weighted by molar-refractivity contribution is 5.97. The van der Waals surface area contributed by atoms with Gasteiger partial charge in [-0.15, -0.1) is 0 Å². The zero-order valence-corrected chi connectivity index (χ0v) is 14.5. The van der Waals surface area contributed by atoms with Crippen LogP contribution in [0.4, 0.5) is 5.95 Å². The van der Waals surface area contributed by atoms with Crippen LogP contribution in [0.2, 0.25) is 0 Å². The van der Waals surface area contributed by atoms with Gasteiger partial charge < -0.3 is 9.47 Å². The molecule has 0 aliphatic heterocycles. The normalized spacial score (nSPS) is 10.4. The molecule has 1 heterocycles. The highest BCUT2D eigenvalue weighted by Crippen LogP contribution is 2.26. The molecule has 0 saturated carbocycles. The molecule has 0 spiro atoms. The van der Waals surface area contributed by atoms with E-state index in [4.69, 9.17) is 9.47 Å². The molecule has 1 aromatic heterocycles. The number of hydrogen-bond donors (Lipinski definition) is 1. The number of methoxy groups -OCH3 is 2. The van der Waals surface area contributed by atoms with Gasteiger partial charge in [-0.3, -0.25) is 10.1 Å². The predicted octanol–water partition coefficient (Wildman–Crippen LogP) is 3.26. The van der Waals surface area contributed by atoms with Gasteiger partial charge in [0.2, 0.25) is 23.6 Å². The van der Waals surface area contributed by atoms with Gasteiger partial charge in [0.25, 0.3) is 0 Å². The van der Waals surface area contributed by atoms with Crippen molar-refractivity contribution in [1.82, 2.24) is 9.97 Å². The Bertz CT molecular complexity index is 808. The smallest absolute Gasteiger partial charge is 0.238 e. The summed E-state index contributed by atoms with van der Waals surface area (Å²) in [5.74, 6) is 0.0187. The highest BCUT2D eigenvalue weighted by Gasteiger charge is 2.23. The van der Waals surface area contributed by atoms with E-state index in [1.165, 1.54) is 14.2 Å². The van der Waals surface area contributed by atoms with Gasteiger partial charge in [0.1, 0.15) is 0 Å². The fourth-order valence-corrected chi connectivity index (χ4v) is 2.64. The molecule has 0 bridgehead atoms. The molecule has 3 aromatic rings. The van der Waals surface area contributed by atoms with E-state index in [0.29, 0.717) is 11.8 Å². The largest absolute Gasteiger partial charge is 0.481 e. The Labute approximate surface area is 151 Å². The topological polar surface area (TPSA) is 73.3 Å². The Kier molecular flexibility index (Phi) is 5.43. The van der Waals surface area contributed by atoms with Gasteiger partial charge in [0.15, 0.2) is 0 Å². The van der Waals surface area contributed by atoms with Gasteiger partial charge in [-0.1, -0.05) is 60.7 Å². The van der Waals surface area contributed by atoms with Crippen molar-refractivity contribution in [1.29, 1.82) is 0 Å². The molecule has 0 atom stereocenters. The molecule has 0 aliphatic rings. The van der Waals surface area contributed by atoms with Crippen LogP contribution in [0.15, 0.2) is 66.7 Å². The molecule has 0 radical (unpaired) electrons. The van der Waals surface area contributed by atoms with Crippen molar-refractivity contribution in [2.75, 3.05) is 19.5 Å². The molecule has 26 heavy (non-hydrogen) atoms. The molecule has 0 fully saturated rings. The van der Waals surface area contributed by atoms with Gasteiger partial charge in [0.05, 0.1) is 26.2 Å². The van der Waals surface area contributed by atoms with Gasteiger partial charge in [-0.25, -0.2) is 0 Å². The first-order valence-corrected chi connectivity index (χ1v) is 8.09. The summed E-state index contributed by atoms with van der Waals surface area (Å²) in [6.45, 7) is 0. The number of anilines is 1. The fraction of sp³-hybridized carbons (Fsp3) is 0.150. The standard InChI is InChI=1S/C20H19N3O3/c1-25-16-13-17(26-2)22-20(21-16)23-19(24)18(14-9-5-3-6-10-14)15-11-7-4-8-12-15/h3-13,18H,1-2H3,(H,21,22,23,24). The molecule has 0 aliphatic carbocycles. The molecule has 0 saturated heterocycles. The van der Waals surface area contributed by atoms with Gasteiger partial charge in [-0.2, -0.15) is 9.97 Å². The molecule has 3 rings (SSSR count). The van der Waals surface area contributed by atoms with Crippen LogP contribution in [0.25, 0.3) is 0 Å². The molecular weight excluding hydrogens is 330 g/mol. The van der Waals surface area contributed by atoms with Crippen LogP contribution in [0.1, 0.15) is 17.0 Å². The van der Waals surface area contributed by atoms with E-state index in [0.717, 1.165) is 11.1 Å². The van der Waals surface area contributed by atoms with Gasteiger partial charge in [0, 0.05) is 0 Å². The molecule has 6 nitrogen and oxygen atoms in total. The maximum atomic E-state index is 13.0. The lowest BCUT2D eigenvalue weighted by molar-refractivity contribution is -0.116. The zero-order valence-electron chi connectivity index (χ0n) is 14.5. The maximum Gasteiger partial charge on any atom is 0.238 e. The summed E-state index contributed by atoms with van der Waals surface area (Å²) in [6, 6.07) is 20.7. The zero-order chi connectivity index (χ0) is 18.4. The van der Waals surface area contributed by atoms with Crippen LogP contribution in [-0.4, -0.2) is 30.1 Å². The lowest BCUT2D eigenvalue weighted by Gasteiger charge is -2.17. The van der Waals surface area contributed by atoms with E-state index >= 15 is 0 Å². The van der Waals surface area contributed by atoms with Crippen molar-refractivity contribution in [3.63, 3.8) is 0 Å². The average Bonchev–Trinajstić information content (AvgIpc) is 2.69. The quantitative estimate of drug-likeness (QED) is 0.739. The fourth-order valence-electron chi connectivity index (χ4n) is 2.64. The van der Waals surface area contributed by atoms with E-state index in [1.807, 2.05) is 60.7 Å². The monoisotopic (exact) mass is 349 g/mol. The van der Waals surface area contributed by atoms with Crippen LogP contribution >= 0.6 is 0 Å². The number of carbonyl (C=O) groups excluding carboxylic acids is 1. The Morgan fingerprint density at radius 1 is 0.846 bits per heavy atom. The minimum atomic E-state index is -0.488.